The zero-order valence-electron chi connectivity index (χ0n) is 25.1. The lowest BCUT2D eigenvalue weighted by Gasteiger charge is -2.18. The van der Waals surface area contributed by atoms with Gasteiger partial charge in [0, 0.05) is 44.3 Å². The van der Waals surface area contributed by atoms with Crippen molar-refractivity contribution in [2.24, 2.45) is 0 Å². The summed E-state index contributed by atoms with van der Waals surface area (Å²) in [6.07, 6.45) is 0.446. The zero-order chi connectivity index (χ0) is 31.4. The lowest BCUT2D eigenvalue weighted by molar-refractivity contribution is 0.0771. The Hall–Kier alpha value is -4.83. The average Bonchev–Trinajstić information content (AvgIpc) is 3.48. The molecule has 5 rings (SSSR count). The van der Waals surface area contributed by atoms with E-state index in [1.54, 1.807) is 73.6 Å². The number of carbonyl (C=O) groups excluding carboxylic acids is 2. The van der Waals surface area contributed by atoms with Gasteiger partial charge in [0.05, 0.1) is 19.3 Å². The van der Waals surface area contributed by atoms with Crippen LogP contribution in [0.2, 0.25) is 0 Å². The van der Waals surface area contributed by atoms with Crippen LogP contribution in [-0.2, 0) is 10.0 Å². The first-order valence-corrected chi connectivity index (χ1v) is 15.7. The van der Waals surface area contributed by atoms with Crippen molar-refractivity contribution in [3.05, 3.63) is 108 Å². The van der Waals surface area contributed by atoms with Crippen LogP contribution < -0.4 is 14.2 Å². The van der Waals surface area contributed by atoms with Crippen LogP contribution >= 0.6 is 0 Å². The predicted molar refractivity (Wildman–Crippen MR) is 170 cm³/mol. The number of anilines is 1. The number of carbonyl (C=O) groups is 2. The van der Waals surface area contributed by atoms with Gasteiger partial charge in [-0.25, -0.2) is 8.42 Å². The highest BCUT2D eigenvalue weighted by Gasteiger charge is 2.29. The third-order valence-electron chi connectivity index (χ3n) is 7.39. The molecule has 1 aliphatic rings. The van der Waals surface area contributed by atoms with Gasteiger partial charge in [-0.2, -0.15) is 0 Å². The first-order valence-electron chi connectivity index (χ1n) is 14.2. The number of benzene rings is 4. The summed E-state index contributed by atoms with van der Waals surface area (Å²) in [7, 11) is 0.678. The molecule has 1 saturated heterocycles. The van der Waals surface area contributed by atoms with E-state index < -0.39 is 10.0 Å². The first-order chi connectivity index (χ1) is 21.0. The molecule has 1 fully saturated rings. The molecule has 0 radical (unpaired) electrons. The van der Waals surface area contributed by atoms with Crippen molar-refractivity contribution >= 4 is 27.5 Å². The van der Waals surface area contributed by atoms with Gasteiger partial charge in [0.2, 0.25) is 0 Å². The summed E-state index contributed by atoms with van der Waals surface area (Å²) in [5, 5.41) is 0. The molecule has 1 N–H and O–H groups in total. The fourth-order valence-corrected chi connectivity index (χ4v) is 6.41. The lowest BCUT2D eigenvalue weighted by Crippen LogP contribution is -2.31. The van der Waals surface area contributed by atoms with Crippen molar-refractivity contribution in [3.8, 4) is 22.6 Å². The van der Waals surface area contributed by atoms with Crippen molar-refractivity contribution in [3.63, 3.8) is 0 Å². The molecule has 0 aromatic heterocycles. The van der Waals surface area contributed by atoms with Crippen LogP contribution in [0, 0.1) is 6.92 Å². The number of aryl methyl sites for hydroxylation is 1. The van der Waals surface area contributed by atoms with Crippen LogP contribution in [0.4, 0.5) is 5.69 Å². The molecule has 44 heavy (non-hydrogen) atoms. The fourth-order valence-electron chi connectivity index (χ4n) is 5.16. The van der Waals surface area contributed by atoms with Crippen LogP contribution in [0.1, 0.15) is 32.7 Å². The number of nitrogens with one attached hydrogen (secondary N) is 1. The SMILES string of the molecule is COc1ccc(-c2cccc(C(=O)N(C)C)c2)cc1S(=O)(=O)Nc1cccc(OC2CCN(C(=O)c3cccc(C)c3)C2)c1. The molecule has 0 spiro atoms. The topological polar surface area (TPSA) is 105 Å². The maximum Gasteiger partial charge on any atom is 0.265 e. The molecule has 0 aliphatic carbocycles. The highest BCUT2D eigenvalue weighted by molar-refractivity contribution is 7.92. The van der Waals surface area contributed by atoms with Gasteiger partial charge in [0.1, 0.15) is 22.5 Å². The van der Waals surface area contributed by atoms with Crippen molar-refractivity contribution < 1.29 is 27.5 Å². The Labute approximate surface area is 258 Å². The fraction of sp³-hybridized carbons (Fsp3) is 0.235. The molecule has 1 aliphatic heterocycles. The second-order valence-corrected chi connectivity index (χ2v) is 12.6. The standard InChI is InChI=1S/C34H35N3O6S/c1-23-8-5-10-26(18-23)34(39)37-17-16-30(22-37)43-29-13-7-12-28(21-29)35-44(40,41)32-20-25(14-15-31(32)42-4)24-9-6-11-27(19-24)33(38)36(2)3/h5-15,18-21,30,35H,16-17,22H2,1-4H3. The molecular weight excluding hydrogens is 578 g/mol. The Kier molecular flexibility index (Phi) is 8.91. The summed E-state index contributed by atoms with van der Waals surface area (Å²) in [4.78, 5) is 28.6. The number of nitrogens with zero attached hydrogens (tertiary/aromatic N) is 2. The molecule has 0 bridgehead atoms. The maximum absolute atomic E-state index is 13.6. The van der Waals surface area contributed by atoms with Gasteiger partial charge in [0.25, 0.3) is 21.8 Å². The van der Waals surface area contributed by atoms with Gasteiger partial charge in [-0.3, -0.25) is 14.3 Å². The average molecular weight is 614 g/mol. The van der Waals surface area contributed by atoms with E-state index in [1.807, 2.05) is 37.3 Å². The molecule has 1 heterocycles. The van der Waals surface area contributed by atoms with Crippen LogP contribution in [0.5, 0.6) is 11.5 Å². The normalized spacial score (nSPS) is 14.6. The maximum atomic E-state index is 13.6. The molecule has 2 amide bonds. The summed E-state index contributed by atoms with van der Waals surface area (Å²) >= 11 is 0. The summed E-state index contributed by atoms with van der Waals surface area (Å²) in [5.74, 6) is 0.482. The van der Waals surface area contributed by atoms with E-state index in [0.717, 1.165) is 5.56 Å². The third-order valence-corrected chi connectivity index (χ3v) is 8.79. The second-order valence-electron chi connectivity index (χ2n) is 10.9. The Morgan fingerprint density at radius 2 is 1.61 bits per heavy atom. The van der Waals surface area contributed by atoms with Crippen molar-refractivity contribution in [1.29, 1.82) is 0 Å². The minimum absolute atomic E-state index is 0.0338. The van der Waals surface area contributed by atoms with E-state index in [4.69, 9.17) is 9.47 Å². The summed E-state index contributed by atoms with van der Waals surface area (Å²) in [5.41, 5.74) is 3.79. The smallest absolute Gasteiger partial charge is 0.265 e. The van der Waals surface area contributed by atoms with Gasteiger partial charge >= 0.3 is 0 Å². The molecule has 1 unspecified atom stereocenters. The third kappa shape index (κ3) is 6.86. The number of hydrogen-bond donors (Lipinski definition) is 1. The molecule has 10 heteroatoms. The number of hydrogen-bond acceptors (Lipinski definition) is 6. The summed E-state index contributed by atoms with van der Waals surface area (Å²) in [6.45, 7) is 2.97. The minimum Gasteiger partial charge on any atom is -0.495 e. The van der Waals surface area contributed by atoms with Crippen molar-refractivity contribution in [1.82, 2.24) is 9.80 Å². The van der Waals surface area contributed by atoms with E-state index in [2.05, 4.69) is 4.72 Å². The Morgan fingerprint density at radius 1 is 0.886 bits per heavy atom. The van der Waals surface area contributed by atoms with E-state index in [1.165, 1.54) is 18.1 Å². The molecule has 1 atom stereocenters. The van der Waals surface area contributed by atoms with E-state index in [-0.39, 0.29) is 28.6 Å². The van der Waals surface area contributed by atoms with Gasteiger partial charge in [0.15, 0.2) is 0 Å². The number of ether oxygens (including phenoxy) is 2. The summed E-state index contributed by atoms with van der Waals surface area (Å²) < 4.78 is 41.4. The minimum atomic E-state index is -4.08. The quantitative estimate of drug-likeness (QED) is 0.269. The zero-order valence-corrected chi connectivity index (χ0v) is 25.9. The van der Waals surface area contributed by atoms with Gasteiger partial charge in [-0.1, -0.05) is 42.0 Å². The molecule has 228 valence electrons. The van der Waals surface area contributed by atoms with Gasteiger partial charge in [-0.15, -0.1) is 0 Å². The monoisotopic (exact) mass is 613 g/mol. The highest BCUT2D eigenvalue weighted by Crippen LogP contribution is 2.32. The Balaban J connectivity index is 1.31. The van der Waals surface area contributed by atoms with E-state index >= 15 is 0 Å². The lowest BCUT2D eigenvalue weighted by atomic mass is 10.0. The van der Waals surface area contributed by atoms with Crippen LogP contribution in [0.25, 0.3) is 11.1 Å². The largest absolute Gasteiger partial charge is 0.495 e. The predicted octanol–water partition coefficient (Wildman–Crippen LogP) is 5.47. The van der Waals surface area contributed by atoms with Crippen LogP contribution in [0.15, 0.2) is 95.9 Å². The van der Waals surface area contributed by atoms with Gasteiger partial charge < -0.3 is 19.3 Å². The second kappa shape index (κ2) is 12.8. The van der Waals surface area contributed by atoms with Crippen molar-refractivity contribution in [2.75, 3.05) is 39.0 Å². The van der Waals surface area contributed by atoms with Crippen molar-refractivity contribution in [2.45, 2.75) is 24.3 Å². The number of likely N-dealkylation sites (tertiary alicyclic amines) is 1. The highest BCUT2D eigenvalue weighted by atomic mass is 32.2. The molecule has 9 nitrogen and oxygen atoms in total. The molecular formula is C34H35N3O6S. The van der Waals surface area contributed by atoms with E-state index in [9.17, 15) is 18.0 Å². The van der Waals surface area contributed by atoms with Gasteiger partial charge in [-0.05, 0) is 66.6 Å². The summed E-state index contributed by atoms with van der Waals surface area (Å²) in [6, 6.07) is 26.1. The molecule has 0 saturated carbocycles. The molecule has 4 aromatic rings. The first kappa shape index (κ1) is 30.6. The molecule has 4 aromatic carbocycles. The Morgan fingerprint density at radius 3 is 2.36 bits per heavy atom. The number of methoxy groups -OCH3 is 1. The van der Waals surface area contributed by atoms with E-state index in [0.29, 0.717) is 53.2 Å². The van der Waals surface area contributed by atoms with Crippen LogP contribution in [0.3, 0.4) is 0 Å². The Bertz CT molecular complexity index is 1800. The number of sulfonamides is 1. The van der Waals surface area contributed by atoms with Crippen LogP contribution in [-0.4, -0.2) is 70.4 Å². The number of rotatable bonds is 9. The number of amides is 2.